The maximum atomic E-state index is 12.3. The molecule has 0 aliphatic heterocycles. The molecule has 1 amide bonds. The normalized spacial score (nSPS) is 14.3. The van der Waals surface area contributed by atoms with Gasteiger partial charge in [0.2, 0.25) is 0 Å². The highest BCUT2D eigenvalue weighted by molar-refractivity contribution is 5.92. The van der Waals surface area contributed by atoms with Crippen LogP contribution in [-0.4, -0.2) is 47.8 Å². The van der Waals surface area contributed by atoms with E-state index in [1.54, 1.807) is 0 Å². The van der Waals surface area contributed by atoms with Gasteiger partial charge in [-0.2, -0.15) is 5.10 Å². The molecule has 5 nitrogen and oxygen atoms in total. The van der Waals surface area contributed by atoms with Crippen molar-refractivity contribution >= 4 is 5.91 Å². The largest absolute Gasteiger partial charge is 0.349 e. The average Bonchev–Trinajstić information content (AvgIpc) is 3.25. The fourth-order valence-electron chi connectivity index (χ4n) is 2.63. The number of likely N-dealkylation sites (N-methyl/N-ethyl adjacent to an activating group) is 1. The minimum atomic E-state index is -0.0971. The lowest BCUT2D eigenvalue weighted by Gasteiger charge is -2.09. The molecule has 5 heteroatoms. The van der Waals surface area contributed by atoms with E-state index in [1.165, 1.54) is 18.4 Å². The smallest absolute Gasteiger partial charge is 0.271 e. The Hall–Kier alpha value is -2.14. The Morgan fingerprint density at radius 1 is 1.35 bits per heavy atom. The summed E-state index contributed by atoms with van der Waals surface area (Å²) in [6.07, 6.45) is 2.36. The number of hydrogen-bond acceptors (Lipinski definition) is 3. The molecule has 0 saturated heterocycles. The number of aromatic nitrogens is 2. The lowest BCUT2D eigenvalue weighted by atomic mass is 10.2. The van der Waals surface area contributed by atoms with Crippen LogP contribution < -0.4 is 5.32 Å². The molecule has 0 unspecified atom stereocenters. The quantitative estimate of drug-likeness (QED) is 0.891. The highest BCUT2D eigenvalue weighted by Crippen LogP contribution is 2.41. The summed E-state index contributed by atoms with van der Waals surface area (Å²) in [5.41, 5.74) is 3.87. The SMILES string of the molecule is Cc1cccc(-n2nc(C(=O)NCCN(C)C)cc2C2CC2)c1. The van der Waals surface area contributed by atoms with Crippen molar-refractivity contribution in [2.45, 2.75) is 25.7 Å². The van der Waals surface area contributed by atoms with Crippen LogP contribution in [0, 0.1) is 6.92 Å². The lowest BCUT2D eigenvalue weighted by Crippen LogP contribution is -2.31. The van der Waals surface area contributed by atoms with Gasteiger partial charge in [-0.25, -0.2) is 4.68 Å². The average molecular weight is 312 g/mol. The predicted octanol–water partition coefficient (Wildman–Crippen LogP) is 2.35. The van der Waals surface area contributed by atoms with E-state index in [1.807, 2.05) is 41.9 Å². The molecular formula is C18H24N4O. The van der Waals surface area contributed by atoms with Gasteiger partial charge in [0.15, 0.2) is 5.69 Å². The first-order valence-electron chi connectivity index (χ1n) is 8.14. The van der Waals surface area contributed by atoms with E-state index >= 15 is 0 Å². The van der Waals surface area contributed by atoms with Gasteiger partial charge in [0.1, 0.15) is 0 Å². The first kappa shape index (κ1) is 15.7. The zero-order valence-electron chi connectivity index (χ0n) is 14.0. The Balaban J connectivity index is 1.83. The fraction of sp³-hybridized carbons (Fsp3) is 0.444. The van der Waals surface area contributed by atoms with Crippen molar-refractivity contribution in [2.24, 2.45) is 0 Å². The van der Waals surface area contributed by atoms with Crippen LogP contribution >= 0.6 is 0 Å². The van der Waals surface area contributed by atoms with Crippen LogP contribution in [0.4, 0.5) is 0 Å². The van der Waals surface area contributed by atoms with Crippen LogP contribution in [-0.2, 0) is 0 Å². The standard InChI is InChI=1S/C18H24N4O/c1-13-5-4-6-15(11-13)22-17(14-7-8-14)12-16(20-22)18(23)19-9-10-21(2)3/h4-6,11-12,14H,7-10H2,1-3H3,(H,19,23). The van der Waals surface area contributed by atoms with Crippen molar-refractivity contribution in [3.05, 3.63) is 47.3 Å². The Morgan fingerprint density at radius 2 is 2.13 bits per heavy atom. The summed E-state index contributed by atoms with van der Waals surface area (Å²) in [5, 5.41) is 7.51. The Labute approximate surface area is 137 Å². The molecule has 0 atom stereocenters. The van der Waals surface area contributed by atoms with Crippen LogP contribution in [0.5, 0.6) is 0 Å². The third-order valence-corrected chi connectivity index (χ3v) is 4.06. The maximum absolute atomic E-state index is 12.3. The second-order valence-corrected chi connectivity index (χ2v) is 6.54. The molecule has 1 aliphatic rings. The van der Waals surface area contributed by atoms with Crippen LogP contribution in [0.2, 0.25) is 0 Å². The number of hydrogen-bond donors (Lipinski definition) is 1. The number of nitrogens with one attached hydrogen (secondary N) is 1. The van der Waals surface area contributed by atoms with Crippen LogP contribution in [0.15, 0.2) is 30.3 Å². The second kappa shape index (κ2) is 6.54. The van der Waals surface area contributed by atoms with E-state index in [0.717, 1.165) is 17.9 Å². The minimum Gasteiger partial charge on any atom is -0.349 e. The summed E-state index contributed by atoms with van der Waals surface area (Å²) in [6, 6.07) is 10.2. The Morgan fingerprint density at radius 3 is 2.78 bits per heavy atom. The van der Waals surface area contributed by atoms with Gasteiger partial charge in [0.05, 0.1) is 5.69 Å². The number of amides is 1. The van der Waals surface area contributed by atoms with E-state index in [9.17, 15) is 4.79 Å². The highest BCUT2D eigenvalue weighted by atomic mass is 16.1. The first-order chi connectivity index (χ1) is 11.0. The number of rotatable bonds is 6. The molecule has 1 aromatic carbocycles. The minimum absolute atomic E-state index is 0.0971. The second-order valence-electron chi connectivity index (χ2n) is 6.54. The Bertz CT molecular complexity index is 701. The zero-order chi connectivity index (χ0) is 16.4. The summed E-state index contributed by atoms with van der Waals surface area (Å²) in [7, 11) is 3.98. The van der Waals surface area contributed by atoms with Crippen LogP contribution in [0.3, 0.4) is 0 Å². The van der Waals surface area contributed by atoms with Crippen molar-refractivity contribution in [3.63, 3.8) is 0 Å². The third-order valence-electron chi connectivity index (χ3n) is 4.06. The molecule has 1 aromatic heterocycles. The molecule has 1 N–H and O–H groups in total. The van der Waals surface area contributed by atoms with Crippen molar-refractivity contribution in [1.29, 1.82) is 0 Å². The van der Waals surface area contributed by atoms with Crippen molar-refractivity contribution in [3.8, 4) is 5.69 Å². The van der Waals surface area contributed by atoms with E-state index in [4.69, 9.17) is 0 Å². The predicted molar refractivity (Wildman–Crippen MR) is 91.2 cm³/mol. The number of nitrogens with zero attached hydrogens (tertiary/aromatic N) is 3. The van der Waals surface area contributed by atoms with Gasteiger partial charge in [0.25, 0.3) is 5.91 Å². The molecule has 3 rings (SSSR count). The van der Waals surface area contributed by atoms with Crippen molar-refractivity contribution in [2.75, 3.05) is 27.2 Å². The fourth-order valence-corrected chi connectivity index (χ4v) is 2.63. The molecule has 0 radical (unpaired) electrons. The first-order valence-corrected chi connectivity index (χ1v) is 8.14. The van der Waals surface area contributed by atoms with Gasteiger partial charge in [0, 0.05) is 24.7 Å². The lowest BCUT2D eigenvalue weighted by molar-refractivity contribution is 0.0945. The summed E-state index contributed by atoms with van der Waals surface area (Å²) in [4.78, 5) is 14.4. The summed E-state index contributed by atoms with van der Waals surface area (Å²) < 4.78 is 1.94. The summed E-state index contributed by atoms with van der Waals surface area (Å²) in [6.45, 7) is 3.51. The van der Waals surface area contributed by atoms with Crippen molar-refractivity contribution in [1.82, 2.24) is 20.0 Å². The van der Waals surface area contributed by atoms with Gasteiger partial charge in [-0.05, 0) is 57.6 Å². The zero-order valence-corrected chi connectivity index (χ0v) is 14.0. The molecular weight excluding hydrogens is 288 g/mol. The van der Waals surface area contributed by atoms with Crippen molar-refractivity contribution < 1.29 is 4.79 Å². The monoisotopic (exact) mass is 312 g/mol. The highest BCUT2D eigenvalue weighted by Gasteiger charge is 2.29. The van der Waals surface area contributed by atoms with Gasteiger partial charge in [-0.3, -0.25) is 4.79 Å². The van der Waals surface area contributed by atoms with E-state index in [-0.39, 0.29) is 5.91 Å². The number of benzene rings is 1. The van der Waals surface area contributed by atoms with E-state index in [2.05, 4.69) is 29.5 Å². The molecule has 23 heavy (non-hydrogen) atoms. The number of carbonyl (C=O) groups excluding carboxylic acids is 1. The number of carbonyl (C=O) groups is 1. The number of aryl methyl sites for hydroxylation is 1. The molecule has 122 valence electrons. The molecule has 1 saturated carbocycles. The van der Waals surface area contributed by atoms with Crippen LogP contribution in [0.25, 0.3) is 5.69 Å². The topological polar surface area (TPSA) is 50.2 Å². The van der Waals surface area contributed by atoms with Gasteiger partial charge in [-0.1, -0.05) is 12.1 Å². The van der Waals surface area contributed by atoms with E-state index < -0.39 is 0 Å². The molecule has 1 fully saturated rings. The molecule has 1 aliphatic carbocycles. The van der Waals surface area contributed by atoms with Gasteiger partial charge in [-0.15, -0.1) is 0 Å². The molecule has 2 aromatic rings. The Kier molecular flexibility index (Phi) is 4.48. The van der Waals surface area contributed by atoms with Crippen LogP contribution in [0.1, 0.15) is 40.5 Å². The summed E-state index contributed by atoms with van der Waals surface area (Å²) >= 11 is 0. The van der Waals surface area contributed by atoms with Gasteiger partial charge >= 0.3 is 0 Å². The maximum Gasteiger partial charge on any atom is 0.271 e. The molecule has 0 spiro atoms. The molecule has 0 bridgehead atoms. The van der Waals surface area contributed by atoms with Gasteiger partial charge < -0.3 is 10.2 Å². The van der Waals surface area contributed by atoms with E-state index in [0.29, 0.717) is 18.2 Å². The molecule has 1 heterocycles. The summed E-state index contributed by atoms with van der Waals surface area (Å²) in [5.74, 6) is 0.437. The third kappa shape index (κ3) is 3.79.